The van der Waals surface area contributed by atoms with Crippen molar-refractivity contribution in [3.05, 3.63) is 40.8 Å². The molecule has 0 bridgehead atoms. The van der Waals surface area contributed by atoms with Gasteiger partial charge < -0.3 is 9.64 Å². The second-order valence-corrected chi connectivity index (χ2v) is 9.48. The Morgan fingerprint density at radius 2 is 1.62 bits per heavy atom. The van der Waals surface area contributed by atoms with E-state index < -0.39 is 29.1 Å². The molecule has 0 saturated carbocycles. The fourth-order valence-electron chi connectivity index (χ4n) is 2.50. The summed E-state index contributed by atoms with van der Waals surface area (Å²) in [7, 11) is -3.80. The van der Waals surface area contributed by atoms with Crippen LogP contribution in [0.3, 0.4) is 0 Å². The number of aryl methyl sites for hydroxylation is 1. The molecule has 162 valence electrons. The van der Waals surface area contributed by atoms with Gasteiger partial charge in [0, 0.05) is 18.5 Å². The molecular formula is C21H32N2O5S. The zero-order chi connectivity index (χ0) is 22.0. The monoisotopic (exact) mass is 424 g/mol. The van der Waals surface area contributed by atoms with Crippen molar-refractivity contribution >= 4 is 28.0 Å². The predicted octanol–water partition coefficient (Wildman–Crippen LogP) is 2.57. The van der Waals surface area contributed by atoms with E-state index in [0.717, 1.165) is 16.5 Å². The van der Waals surface area contributed by atoms with Gasteiger partial charge in [0.1, 0.15) is 6.54 Å². The van der Waals surface area contributed by atoms with Crippen molar-refractivity contribution in [3.63, 3.8) is 0 Å². The zero-order valence-electron chi connectivity index (χ0n) is 17.8. The fraction of sp³-hybridized carbons (Fsp3) is 0.524. The Kier molecular flexibility index (Phi) is 10.0. The van der Waals surface area contributed by atoms with Crippen LogP contribution < -0.4 is 4.72 Å². The van der Waals surface area contributed by atoms with Gasteiger partial charge in [0.25, 0.3) is 5.91 Å². The molecule has 0 saturated heterocycles. The molecule has 0 aliphatic heterocycles. The molecule has 1 rings (SSSR count). The number of nitrogens with zero attached hydrogens (tertiary/aromatic N) is 1. The number of nitrogens with one attached hydrogen (secondary N) is 1. The van der Waals surface area contributed by atoms with Gasteiger partial charge in [-0.1, -0.05) is 57.5 Å². The third kappa shape index (κ3) is 10.8. The number of sulfonamides is 1. The molecule has 1 amide bonds. The number of benzene rings is 1. The average Bonchev–Trinajstić information content (AvgIpc) is 2.63. The Labute approximate surface area is 174 Å². The highest BCUT2D eigenvalue weighted by Gasteiger charge is 2.18. The molecular weight excluding hydrogens is 392 g/mol. The maximum absolute atomic E-state index is 12.3. The highest BCUT2D eigenvalue weighted by Crippen LogP contribution is 2.06. The van der Waals surface area contributed by atoms with Crippen LogP contribution in [0.15, 0.2) is 29.7 Å². The molecule has 0 heterocycles. The van der Waals surface area contributed by atoms with E-state index >= 15 is 0 Å². The van der Waals surface area contributed by atoms with Crippen LogP contribution in [-0.2, 0) is 24.3 Å². The standard InChI is InChI=1S/C21H32N2O5S/c1-16(2)13-23(14-17(3)4)20(24)15-28-21(25)12-22-29(26,27)11-10-19-8-6-18(5)7-9-19/h6-11,16-17,22H,12-15H2,1-5H3/b11-10+. The molecule has 1 N–H and O–H groups in total. The lowest BCUT2D eigenvalue weighted by atomic mass is 10.1. The number of hydrogen-bond donors (Lipinski definition) is 1. The van der Waals surface area contributed by atoms with Crippen molar-refractivity contribution in [1.29, 1.82) is 0 Å². The Bertz CT molecular complexity index is 789. The van der Waals surface area contributed by atoms with Crippen molar-refractivity contribution in [2.45, 2.75) is 34.6 Å². The number of esters is 1. The molecule has 0 aliphatic rings. The van der Waals surface area contributed by atoms with Crippen LogP contribution in [0.1, 0.15) is 38.8 Å². The second-order valence-electron chi connectivity index (χ2n) is 7.83. The highest BCUT2D eigenvalue weighted by molar-refractivity contribution is 7.92. The van der Waals surface area contributed by atoms with E-state index in [1.807, 2.05) is 46.8 Å². The molecule has 0 aliphatic carbocycles. The smallest absolute Gasteiger partial charge is 0.321 e. The van der Waals surface area contributed by atoms with Crippen LogP contribution in [0.5, 0.6) is 0 Å². The normalized spacial score (nSPS) is 12.0. The van der Waals surface area contributed by atoms with Gasteiger partial charge in [-0.3, -0.25) is 9.59 Å². The highest BCUT2D eigenvalue weighted by atomic mass is 32.2. The van der Waals surface area contributed by atoms with Crippen molar-refractivity contribution in [2.75, 3.05) is 26.2 Å². The first-order chi connectivity index (χ1) is 13.5. The van der Waals surface area contributed by atoms with E-state index in [4.69, 9.17) is 4.74 Å². The Morgan fingerprint density at radius 3 is 2.14 bits per heavy atom. The molecule has 0 fully saturated rings. The van der Waals surface area contributed by atoms with Gasteiger partial charge in [0.05, 0.1) is 0 Å². The summed E-state index contributed by atoms with van der Waals surface area (Å²) in [6, 6.07) is 7.33. The van der Waals surface area contributed by atoms with Crippen LogP contribution in [0.4, 0.5) is 0 Å². The number of rotatable bonds is 11. The van der Waals surface area contributed by atoms with Gasteiger partial charge in [-0.15, -0.1) is 0 Å². The summed E-state index contributed by atoms with van der Waals surface area (Å²) in [4.78, 5) is 25.8. The lowest BCUT2D eigenvalue weighted by molar-refractivity contribution is -0.151. The Morgan fingerprint density at radius 1 is 1.07 bits per heavy atom. The molecule has 29 heavy (non-hydrogen) atoms. The summed E-state index contributed by atoms with van der Waals surface area (Å²) in [5, 5.41) is 0.989. The van der Waals surface area contributed by atoms with Gasteiger partial charge in [-0.05, 0) is 30.4 Å². The van der Waals surface area contributed by atoms with Crippen molar-refractivity contribution in [1.82, 2.24) is 9.62 Å². The molecule has 8 heteroatoms. The van der Waals surface area contributed by atoms with Crippen LogP contribution in [0, 0.1) is 18.8 Å². The topological polar surface area (TPSA) is 92.8 Å². The number of amides is 1. The Hall–Kier alpha value is -2.19. The molecule has 7 nitrogen and oxygen atoms in total. The first-order valence-corrected chi connectivity index (χ1v) is 11.2. The van der Waals surface area contributed by atoms with E-state index in [9.17, 15) is 18.0 Å². The third-order valence-corrected chi connectivity index (χ3v) is 4.86. The molecule has 0 spiro atoms. The van der Waals surface area contributed by atoms with Crippen LogP contribution in [-0.4, -0.2) is 51.4 Å². The van der Waals surface area contributed by atoms with Crippen molar-refractivity contribution in [2.24, 2.45) is 11.8 Å². The minimum absolute atomic E-state index is 0.289. The van der Waals surface area contributed by atoms with Crippen LogP contribution in [0.2, 0.25) is 0 Å². The lowest BCUT2D eigenvalue weighted by Crippen LogP contribution is -2.40. The largest absolute Gasteiger partial charge is 0.455 e. The van der Waals surface area contributed by atoms with E-state index in [1.54, 1.807) is 17.0 Å². The molecule has 0 atom stereocenters. The summed E-state index contributed by atoms with van der Waals surface area (Å²) in [5.74, 6) is -0.511. The summed E-state index contributed by atoms with van der Waals surface area (Å²) in [6.07, 6.45) is 1.44. The lowest BCUT2D eigenvalue weighted by Gasteiger charge is -2.26. The molecule has 0 unspecified atom stereocenters. The predicted molar refractivity (Wildman–Crippen MR) is 114 cm³/mol. The summed E-state index contributed by atoms with van der Waals surface area (Å²) < 4.78 is 31.0. The molecule has 0 radical (unpaired) electrons. The first kappa shape index (κ1) is 24.8. The maximum Gasteiger partial charge on any atom is 0.321 e. The number of ether oxygens (including phenoxy) is 1. The Balaban J connectivity index is 2.50. The minimum atomic E-state index is -3.80. The van der Waals surface area contributed by atoms with Crippen molar-refractivity contribution < 1.29 is 22.7 Å². The summed E-state index contributed by atoms with van der Waals surface area (Å²) >= 11 is 0. The fourth-order valence-corrected chi connectivity index (χ4v) is 3.25. The van der Waals surface area contributed by atoms with Crippen molar-refractivity contribution in [3.8, 4) is 0 Å². The quantitative estimate of drug-likeness (QED) is 0.551. The number of hydrogen-bond acceptors (Lipinski definition) is 5. The van der Waals surface area contributed by atoms with Gasteiger partial charge in [0.2, 0.25) is 10.0 Å². The van der Waals surface area contributed by atoms with Gasteiger partial charge in [0.15, 0.2) is 6.61 Å². The number of carbonyl (C=O) groups excluding carboxylic acids is 2. The summed E-state index contributed by atoms with van der Waals surface area (Å²) in [5.41, 5.74) is 1.80. The van der Waals surface area contributed by atoms with Crippen LogP contribution >= 0.6 is 0 Å². The number of carbonyl (C=O) groups is 2. The van der Waals surface area contributed by atoms with E-state index in [0.29, 0.717) is 24.9 Å². The molecule has 0 aromatic heterocycles. The maximum atomic E-state index is 12.3. The SMILES string of the molecule is Cc1ccc(/C=C/S(=O)(=O)NCC(=O)OCC(=O)N(CC(C)C)CC(C)C)cc1. The molecule has 1 aromatic carbocycles. The average molecular weight is 425 g/mol. The molecule has 1 aromatic rings. The van der Waals surface area contributed by atoms with Gasteiger partial charge in [-0.2, -0.15) is 0 Å². The summed E-state index contributed by atoms with van der Waals surface area (Å²) in [6.45, 7) is 10.2. The van der Waals surface area contributed by atoms with Gasteiger partial charge >= 0.3 is 5.97 Å². The third-order valence-electron chi connectivity index (χ3n) is 3.82. The van der Waals surface area contributed by atoms with E-state index in [-0.39, 0.29) is 5.91 Å². The zero-order valence-corrected chi connectivity index (χ0v) is 18.7. The van der Waals surface area contributed by atoms with E-state index in [2.05, 4.69) is 4.72 Å². The van der Waals surface area contributed by atoms with E-state index in [1.165, 1.54) is 6.08 Å². The second kappa shape index (κ2) is 11.7. The van der Waals surface area contributed by atoms with Gasteiger partial charge in [-0.25, -0.2) is 13.1 Å². The first-order valence-electron chi connectivity index (χ1n) is 9.66. The van der Waals surface area contributed by atoms with Crippen LogP contribution in [0.25, 0.3) is 6.08 Å². The minimum Gasteiger partial charge on any atom is -0.455 e.